The Kier molecular flexibility index (Phi) is 5.44. The summed E-state index contributed by atoms with van der Waals surface area (Å²) < 4.78 is 37.4. The van der Waals surface area contributed by atoms with E-state index in [0.29, 0.717) is 19.4 Å². The third-order valence-corrected chi connectivity index (χ3v) is 3.63. The van der Waals surface area contributed by atoms with Crippen LogP contribution in [0.1, 0.15) is 32.6 Å². The molecule has 18 heavy (non-hydrogen) atoms. The minimum Gasteiger partial charge on any atom is -0.345 e. The summed E-state index contributed by atoms with van der Waals surface area (Å²) in [4.78, 5) is 13.1. The van der Waals surface area contributed by atoms with Crippen LogP contribution in [0.4, 0.5) is 13.2 Å². The maximum atomic E-state index is 12.5. The Morgan fingerprint density at radius 2 is 1.83 bits per heavy atom. The number of nitrogens with one attached hydrogen (secondary N) is 1. The van der Waals surface area contributed by atoms with Crippen LogP contribution in [-0.4, -0.2) is 43.2 Å². The first kappa shape index (κ1) is 15.3. The van der Waals surface area contributed by atoms with E-state index >= 15 is 0 Å². The van der Waals surface area contributed by atoms with Crippen molar-refractivity contribution in [3.63, 3.8) is 0 Å². The molecule has 0 aromatic heterocycles. The molecular weight excluding hydrogens is 245 g/mol. The van der Waals surface area contributed by atoms with Gasteiger partial charge in [-0.1, -0.05) is 0 Å². The molecule has 1 saturated carbocycles. The van der Waals surface area contributed by atoms with Gasteiger partial charge in [0.2, 0.25) is 5.91 Å². The highest BCUT2D eigenvalue weighted by Gasteiger charge is 2.41. The molecule has 1 N–H and O–H groups in total. The van der Waals surface area contributed by atoms with Gasteiger partial charge in [-0.05, 0) is 32.6 Å². The zero-order valence-corrected chi connectivity index (χ0v) is 10.9. The first-order valence-corrected chi connectivity index (χ1v) is 6.38. The van der Waals surface area contributed by atoms with Gasteiger partial charge >= 0.3 is 6.18 Å². The van der Waals surface area contributed by atoms with E-state index in [4.69, 9.17) is 0 Å². The van der Waals surface area contributed by atoms with E-state index in [2.05, 4.69) is 5.32 Å². The molecule has 3 nitrogen and oxygen atoms in total. The molecule has 1 aliphatic rings. The Balaban J connectivity index is 2.26. The predicted octanol–water partition coefficient (Wildman–Crippen LogP) is 2.18. The number of rotatable bonds is 4. The van der Waals surface area contributed by atoms with E-state index in [0.717, 1.165) is 0 Å². The number of hydrogen-bond donors (Lipinski definition) is 1. The molecule has 0 radical (unpaired) electrons. The number of nitrogens with zero attached hydrogens (tertiary/aromatic N) is 1. The highest BCUT2D eigenvalue weighted by molar-refractivity contribution is 5.77. The van der Waals surface area contributed by atoms with Crippen molar-refractivity contribution in [2.45, 2.75) is 44.8 Å². The molecule has 0 aromatic rings. The van der Waals surface area contributed by atoms with Crippen LogP contribution in [0.5, 0.6) is 0 Å². The molecule has 1 fully saturated rings. The van der Waals surface area contributed by atoms with E-state index in [1.54, 1.807) is 11.9 Å². The second-order valence-electron chi connectivity index (χ2n) is 4.88. The van der Waals surface area contributed by atoms with E-state index < -0.39 is 12.1 Å². The molecule has 0 spiro atoms. The summed E-state index contributed by atoms with van der Waals surface area (Å²) in [5, 5.41) is 3.05. The fraction of sp³-hybridized carbons (Fsp3) is 0.917. The SMILES string of the molecule is CCN(C)C(=O)CNC1CCC(C(F)(F)F)CC1. The monoisotopic (exact) mass is 266 g/mol. The number of likely N-dealkylation sites (N-methyl/N-ethyl adjacent to an activating group) is 1. The number of hydrogen-bond acceptors (Lipinski definition) is 2. The summed E-state index contributed by atoms with van der Waals surface area (Å²) in [5.74, 6) is -1.18. The lowest BCUT2D eigenvalue weighted by Crippen LogP contribution is -2.42. The normalized spacial score (nSPS) is 24.9. The summed E-state index contributed by atoms with van der Waals surface area (Å²) >= 11 is 0. The molecule has 1 aliphatic carbocycles. The van der Waals surface area contributed by atoms with Crippen LogP contribution >= 0.6 is 0 Å². The van der Waals surface area contributed by atoms with E-state index in [1.807, 2.05) is 6.92 Å². The van der Waals surface area contributed by atoms with Crippen LogP contribution in [-0.2, 0) is 4.79 Å². The average molecular weight is 266 g/mol. The van der Waals surface area contributed by atoms with Gasteiger partial charge in [-0.2, -0.15) is 13.2 Å². The van der Waals surface area contributed by atoms with E-state index in [9.17, 15) is 18.0 Å². The molecule has 6 heteroatoms. The Hall–Kier alpha value is -0.780. The van der Waals surface area contributed by atoms with Crippen molar-refractivity contribution in [2.75, 3.05) is 20.1 Å². The van der Waals surface area contributed by atoms with Crippen LogP contribution in [0.3, 0.4) is 0 Å². The Morgan fingerprint density at radius 1 is 1.28 bits per heavy atom. The molecule has 0 unspecified atom stereocenters. The number of alkyl halides is 3. The third-order valence-electron chi connectivity index (χ3n) is 3.63. The molecule has 0 aliphatic heterocycles. The summed E-state index contributed by atoms with van der Waals surface area (Å²) in [5.41, 5.74) is 0. The standard InChI is InChI=1S/C12H21F3N2O/c1-3-17(2)11(18)8-16-10-6-4-9(5-7-10)12(13,14)15/h9-10,16H,3-8H2,1-2H3. The number of carbonyl (C=O) groups is 1. The van der Waals surface area contributed by atoms with Crippen molar-refractivity contribution in [1.29, 1.82) is 0 Å². The predicted molar refractivity (Wildman–Crippen MR) is 63.1 cm³/mol. The van der Waals surface area contributed by atoms with Crippen LogP contribution in [0, 0.1) is 5.92 Å². The Morgan fingerprint density at radius 3 is 2.28 bits per heavy atom. The molecular formula is C12H21F3N2O. The van der Waals surface area contributed by atoms with Gasteiger partial charge in [-0.3, -0.25) is 4.79 Å². The van der Waals surface area contributed by atoms with Gasteiger partial charge in [0.05, 0.1) is 12.5 Å². The first-order chi connectivity index (χ1) is 8.34. The zero-order chi connectivity index (χ0) is 13.8. The highest BCUT2D eigenvalue weighted by Crippen LogP contribution is 2.37. The van der Waals surface area contributed by atoms with Crippen molar-refractivity contribution >= 4 is 5.91 Å². The second-order valence-corrected chi connectivity index (χ2v) is 4.88. The van der Waals surface area contributed by atoms with Crippen LogP contribution in [0.15, 0.2) is 0 Å². The molecule has 0 atom stereocenters. The van der Waals surface area contributed by atoms with Crippen LogP contribution < -0.4 is 5.32 Å². The Labute approximate surface area is 106 Å². The van der Waals surface area contributed by atoms with Crippen molar-refractivity contribution in [2.24, 2.45) is 5.92 Å². The van der Waals surface area contributed by atoms with Gasteiger partial charge in [-0.25, -0.2) is 0 Å². The van der Waals surface area contributed by atoms with Crippen LogP contribution in [0.25, 0.3) is 0 Å². The van der Waals surface area contributed by atoms with Gasteiger partial charge in [-0.15, -0.1) is 0 Å². The molecule has 0 aromatic carbocycles. The fourth-order valence-electron chi connectivity index (χ4n) is 2.17. The van der Waals surface area contributed by atoms with Gasteiger partial charge in [0, 0.05) is 19.6 Å². The van der Waals surface area contributed by atoms with E-state index in [1.165, 1.54) is 0 Å². The zero-order valence-electron chi connectivity index (χ0n) is 10.9. The summed E-state index contributed by atoms with van der Waals surface area (Å²) in [7, 11) is 1.71. The third kappa shape index (κ3) is 4.48. The largest absolute Gasteiger partial charge is 0.391 e. The topological polar surface area (TPSA) is 32.3 Å². The maximum absolute atomic E-state index is 12.5. The van der Waals surface area contributed by atoms with Crippen LogP contribution in [0.2, 0.25) is 0 Å². The Bertz CT molecular complexity index is 273. The number of carbonyl (C=O) groups excluding carboxylic acids is 1. The molecule has 0 saturated heterocycles. The summed E-state index contributed by atoms with van der Waals surface area (Å²) in [6, 6.07) is 0.0396. The molecule has 1 rings (SSSR count). The summed E-state index contributed by atoms with van der Waals surface area (Å²) in [6.07, 6.45) is -2.75. The van der Waals surface area contributed by atoms with Gasteiger partial charge in [0.15, 0.2) is 0 Å². The molecule has 1 amide bonds. The minimum absolute atomic E-state index is 0.0181. The lowest BCUT2D eigenvalue weighted by Gasteiger charge is -2.30. The number of halogens is 3. The smallest absolute Gasteiger partial charge is 0.345 e. The van der Waals surface area contributed by atoms with Gasteiger partial charge in [0.1, 0.15) is 0 Å². The quantitative estimate of drug-likeness (QED) is 0.846. The van der Waals surface area contributed by atoms with Gasteiger partial charge in [0.25, 0.3) is 0 Å². The lowest BCUT2D eigenvalue weighted by atomic mass is 9.85. The second kappa shape index (κ2) is 6.41. The van der Waals surface area contributed by atoms with Crippen molar-refractivity contribution in [3.8, 4) is 0 Å². The number of amides is 1. The summed E-state index contributed by atoms with van der Waals surface area (Å²) in [6.45, 7) is 2.74. The fourth-order valence-corrected chi connectivity index (χ4v) is 2.17. The minimum atomic E-state index is -4.07. The lowest BCUT2D eigenvalue weighted by molar-refractivity contribution is -0.182. The highest BCUT2D eigenvalue weighted by atomic mass is 19.4. The van der Waals surface area contributed by atoms with Crippen molar-refractivity contribution in [3.05, 3.63) is 0 Å². The van der Waals surface area contributed by atoms with Crippen molar-refractivity contribution < 1.29 is 18.0 Å². The van der Waals surface area contributed by atoms with Gasteiger partial charge < -0.3 is 10.2 Å². The average Bonchev–Trinajstić information content (AvgIpc) is 2.34. The van der Waals surface area contributed by atoms with Crippen molar-refractivity contribution in [1.82, 2.24) is 10.2 Å². The van der Waals surface area contributed by atoms with E-state index in [-0.39, 0.29) is 31.3 Å². The maximum Gasteiger partial charge on any atom is 0.391 e. The molecule has 0 bridgehead atoms. The first-order valence-electron chi connectivity index (χ1n) is 6.38. The molecule has 0 heterocycles. The molecule has 106 valence electrons.